The van der Waals surface area contributed by atoms with E-state index in [9.17, 15) is 4.79 Å². The molecule has 3 fully saturated rings. The first kappa shape index (κ1) is 14.3. The molecule has 0 unspecified atom stereocenters. The van der Waals surface area contributed by atoms with Crippen LogP contribution in [0.1, 0.15) is 33.1 Å². The Morgan fingerprint density at radius 3 is 2.80 bits per heavy atom. The molecule has 0 aromatic heterocycles. The first-order valence-corrected chi connectivity index (χ1v) is 7.35. The van der Waals surface area contributed by atoms with Crippen molar-refractivity contribution >= 4 is 5.97 Å². The molecule has 0 N–H and O–H groups in total. The number of fused-ring (bicyclic) bond motifs is 1. The average Bonchev–Trinajstić information content (AvgIpc) is 2.97. The zero-order valence-corrected chi connectivity index (χ0v) is 12.3. The normalized spacial score (nSPS) is 40.5. The number of hydroxylamine groups is 2. The number of methoxy groups -OCH3 is 1. The lowest BCUT2D eigenvalue weighted by Gasteiger charge is -2.28. The molecule has 0 radical (unpaired) electrons. The minimum Gasteiger partial charge on any atom is -0.469 e. The maximum absolute atomic E-state index is 12.2. The first-order chi connectivity index (χ1) is 9.52. The predicted octanol–water partition coefficient (Wildman–Crippen LogP) is 1.10. The van der Waals surface area contributed by atoms with Gasteiger partial charge < -0.3 is 14.2 Å². The van der Waals surface area contributed by atoms with Gasteiger partial charge in [0, 0.05) is 6.54 Å². The molecule has 6 heteroatoms. The summed E-state index contributed by atoms with van der Waals surface area (Å²) in [5, 5.41) is 1.95. The number of hydrogen-bond donors (Lipinski definition) is 0. The summed E-state index contributed by atoms with van der Waals surface area (Å²) < 4.78 is 16.5. The van der Waals surface area contributed by atoms with Crippen LogP contribution in [-0.4, -0.2) is 55.3 Å². The summed E-state index contributed by atoms with van der Waals surface area (Å²) in [6.07, 6.45) is 2.66. The Morgan fingerprint density at radius 2 is 2.15 bits per heavy atom. The standard InChI is InChI=1S/C14H23NO5/c1-14(2)18-8-10(19-14)12-11(13(16)17-3)9-6-4-5-7-15(9)20-12/h9-12H,4-8H2,1-3H3/t9-,10+,11-,12+/m1/s1. The molecule has 3 aliphatic heterocycles. The average molecular weight is 285 g/mol. The molecule has 4 atom stereocenters. The third kappa shape index (κ3) is 2.45. The van der Waals surface area contributed by atoms with Gasteiger partial charge in [-0.3, -0.25) is 9.63 Å². The first-order valence-electron chi connectivity index (χ1n) is 7.35. The second-order valence-corrected chi connectivity index (χ2v) is 6.19. The second kappa shape index (κ2) is 5.26. The molecule has 0 aromatic rings. The van der Waals surface area contributed by atoms with E-state index < -0.39 is 5.79 Å². The maximum Gasteiger partial charge on any atom is 0.313 e. The van der Waals surface area contributed by atoms with Crippen molar-refractivity contribution in [3.8, 4) is 0 Å². The van der Waals surface area contributed by atoms with Crippen LogP contribution in [-0.2, 0) is 23.8 Å². The fraction of sp³-hybridized carbons (Fsp3) is 0.929. The molecule has 3 saturated heterocycles. The van der Waals surface area contributed by atoms with Crippen LogP contribution in [0.3, 0.4) is 0 Å². The van der Waals surface area contributed by atoms with Crippen LogP contribution in [0, 0.1) is 5.92 Å². The van der Waals surface area contributed by atoms with E-state index >= 15 is 0 Å². The lowest BCUT2D eigenvalue weighted by atomic mass is 9.87. The number of carbonyl (C=O) groups excluding carboxylic acids is 1. The van der Waals surface area contributed by atoms with Gasteiger partial charge in [0.15, 0.2) is 5.79 Å². The Hall–Kier alpha value is -0.690. The topological polar surface area (TPSA) is 57.2 Å². The van der Waals surface area contributed by atoms with Gasteiger partial charge in [-0.1, -0.05) is 6.42 Å². The summed E-state index contributed by atoms with van der Waals surface area (Å²) in [4.78, 5) is 18.2. The molecule has 0 aromatic carbocycles. The number of hydrogen-bond acceptors (Lipinski definition) is 6. The molecular formula is C14H23NO5. The van der Waals surface area contributed by atoms with E-state index in [-0.39, 0.29) is 30.1 Å². The monoisotopic (exact) mass is 285 g/mol. The van der Waals surface area contributed by atoms with E-state index in [1.165, 1.54) is 7.11 Å². The van der Waals surface area contributed by atoms with Gasteiger partial charge in [0.2, 0.25) is 0 Å². The molecule has 0 spiro atoms. The summed E-state index contributed by atoms with van der Waals surface area (Å²) >= 11 is 0. The molecular weight excluding hydrogens is 262 g/mol. The molecule has 3 rings (SSSR count). The van der Waals surface area contributed by atoms with Crippen LogP contribution in [0.25, 0.3) is 0 Å². The molecule has 3 aliphatic rings. The molecule has 0 bridgehead atoms. The van der Waals surface area contributed by atoms with Gasteiger partial charge in [0.05, 0.1) is 19.8 Å². The fourth-order valence-corrected chi connectivity index (χ4v) is 3.47. The summed E-state index contributed by atoms with van der Waals surface area (Å²) in [5.41, 5.74) is 0. The predicted molar refractivity (Wildman–Crippen MR) is 69.6 cm³/mol. The van der Waals surface area contributed by atoms with E-state index in [1.807, 2.05) is 18.9 Å². The van der Waals surface area contributed by atoms with Gasteiger partial charge >= 0.3 is 5.97 Å². The minimum atomic E-state index is -0.613. The highest BCUT2D eigenvalue weighted by atomic mass is 16.8. The van der Waals surface area contributed by atoms with Gasteiger partial charge in [-0.15, -0.1) is 0 Å². The highest BCUT2D eigenvalue weighted by Gasteiger charge is 2.54. The lowest BCUT2D eigenvalue weighted by molar-refractivity contribution is -0.209. The van der Waals surface area contributed by atoms with Crippen molar-refractivity contribution in [3.63, 3.8) is 0 Å². The number of nitrogens with zero attached hydrogens (tertiary/aromatic N) is 1. The van der Waals surface area contributed by atoms with Crippen molar-refractivity contribution in [2.24, 2.45) is 5.92 Å². The van der Waals surface area contributed by atoms with E-state index in [0.29, 0.717) is 6.61 Å². The maximum atomic E-state index is 12.2. The molecule has 0 aliphatic carbocycles. The smallest absolute Gasteiger partial charge is 0.313 e. The van der Waals surface area contributed by atoms with Crippen LogP contribution in [0.15, 0.2) is 0 Å². The Kier molecular flexibility index (Phi) is 3.75. The number of ether oxygens (including phenoxy) is 3. The van der Waals surface area contributed by atoms with Gasteiger partial charge in [-0.05, 0) is 26.7 Å². The van der Waals surface area contributed by atoms with Gasteiger partial charge in [0.1, 0.15) is 18.1 Å². The Morgan fingerprint density at radius 1 is 1.35 bits per heavy atom. The van der Waals surface area contributed by atoms with Crippen LogP contribution >= 0.6 is 0 Å². The Labute approximate surface area is 119 Å². The molecule has 0 amide bonds. The summed E-state index contributed by atoms with van der Waals surface area (Å²) in [5.74, 6) is -1.11. The van der Waals surface area contributed by atoms with Crippen molar-refractivity contribution in [1.29, 1.82) is 0 Å². The lowest BCUT2D eigenvalue weighted by Crippen LogP contribution is -2.42. The largest absolute Gasteiger partial charge is 0.469 e. The molecule has 3 heterocycles. The molecule has 114 valence electrons. The highest BCUT2D eigenvalue weighted by molar-refractivity contribution is 5.74. The number of piperidine rings is 1. The van der Waals surface area contributed by atoms with Crippen LogP contribution in [0.4, 0.5) is 0 Å². The zero-order valence-electron chi connectivity index (χ0n) is 12.3. The number of carbonyl (C=O) groups is 1. The fourth-order valence-electron chi connectivity index (χ4n) is 3.47. The van der Waals surface area contributed by atoms with Crippen molar-refractivity contribution in [2.45, 2.75) is 57.1 Å². The van der Waals surface area contributed by atoms with Gasteiger partial charge in [0.25, 0.3) is 0 Å². The van der Waals surface area contributed by atoms with Crippen molar-refractivity contribution in [2.75, 3.05) is 20.3 Å². The van der Waals surface area contributed by atoms with Crippen molar-refractivity contribution in [3.05, 3.63) is 0 Å². The van der Waals surface area contributed by atoms with Crippen LogP contribution in [0.5, 0.6) is 0 Å². The van der Waals surface area contributed by atoms with Crippen LogP contribution < -0.4 is 0 Å². The summed E-state index contributed by atoms with van der Waals surface area (Å²) in [6.45, 7) is 5.07. The molecule has 0 saturated carbocycles. The van der Waals surface area contributed by atoms with Gasteiger partial charge in [-0.2, -0.15) is 5.06 Å². The number of rotatable bonds is 2. The SMILES string of the molecule is COC(=O)[C@H]1[C@H]([C@@H]2COC(C)(C)O2)ON2CCCC[C@H]12. The summed E-state index contributed by atoms with van der Waals surface area (Å²) in [7, 11) is 1.43. The third-order valence-corrected chi connectivity index (χ3v) is 4.39. The number of esters is 1. The zero-order chi connectivity index (χ0) is 14.3. The van der Waals surface area contributed by atoms with E-state index in [4.69, 9.17) is 19.0 Å². The van der Waals surface area contributed by atoms with Crippen molar-refractivity contribution in [1.82, 2.24) is 5.06 Å². The van der Waals surface area contributed by atoms with Crippen molar-refractivity contribution < 1.29 is 23.8 Å². The Bertz CT molecular complexity index is 386. The second-order valence-electron chi connectivity index (χ2n) is 6.19. The van der Waals surface area contributed by atoms with E-state index in [2.05, 4.69) is 0 Å². The van der Waals surface area contributed by atoms with E-state index in [0.717, 1.165) is 25.8 Å². The highest BCUT2D eigenvalue weighted by Crippen LogP contribution is 2.39. The summed E-state index contributed by atoms with van der Waals surface area (Å²) in [6, 6.07) is 0.105. The Balaban J connectivity index is 1.79. The quantitative estimate of drug-likeness (QED) is 0.708. The molecule has 20 heavy (non-hydrogen) atoms. The van der Waals surface area contributed by atoms with Crippen LogP contribution in [0.2, 0.25) is 0 Å². The minimum absolute atomic E-state index is 0.105. The molecule has 6 nitrogen and oxygen atoms in total. The third-order valence-electron chi connectivity index (χ3n) is 4.39. The van der Waals surface area contributed by atoms with Gasteiger partial charge in [-0.25, -0.2) is 0 Å². The van der Waals surface area contributed by atoms with E-state index in [1.54, 1.807) is 0 Å².